The fourth-order valence-corrected chi connectivity index (χ4v) is 3.79. The van der Waals surface area contributed by atoms with E-state index in [4.69, 9.17) is 11.6 Å². The molecule has 0 atom stereocenters. The number of halogens is 2. The third kappa shape index (κ3) is 4.36. The highest BCUT2D eigenvalue weighted by Crippen LogP contribution is 2.45. The molecule has 1 aliphatic rings. The number of rotatable bonds is 7. The highest BCUT2D eigenvalue weighted by Gasteiger charge is 2.47. The van der Waals surface area contributed by atoms with Gasteiger partial charge in [0.25, 0.3) is 0 Å². The van der Waals surface area contributed by atoms with Crippen LogP contribution >= 0.6 is 11.6 Å². The number of carbonyl (C=O) groups excluding carboxylic acids is 2. The number of nitrogens with zero attached hydrogens (tertiary/aromatic N) is 1. The zero-order valence-corrected chi connectivity index (χ0v) is 16.6. The first-order chi connectivity index (χ1) is 13.4. The van der Waals surface area contributed by atoms with Gasteiger partial charge < -0.3 is 10.2 Å². The molecule has 0 saturated heterocycles. The SMILES string of the molecule is CCN(CC(=O)NCc1ccc(F)cc1)C(=O)C1(c2cccc(Cl)c2)CCC1. The Hall–Kier alpha value is -2.40. The monoisotopic (exact) mass is 402 g/mol. The lowest BCUT2D eigenvalue weighted by Crippen LogP contribution is -2.53. The molecular formula is C22H24ClFN2O2. The Balaban J connectivity index is 1.65. The average molecular weight is 403 g/mol. The van der Waals surface area contributed by atoms with Gasteiger partial charge in [-0.25, -0.2) is 4.39 Å². The van der Waals surface area contributed by atoms with Crippen LogP contribution in [0.5, 0.6) is 0 Å². The van der Waals surface area contributed by atoms with Gasteiger partial charge in [0.15, 0.2) is 0 Å². The normalized spacial score (nSPS) is 14.8. The molecule has 2 aromatic carbocycles. The van der Waals surface area contributed by atoms with E-state index in [9.17, 15) is 14.0 Å². The van der Waals surface area contributed by atoms with Crippen molar-refractivity contribution in [3.63, 3.8) is 0 Å². The molecule has 1 N–H and O–H groups in total. The van der Waals surface area contributed by atoms with Crippen LogP contribution in [0.3, 0.4) is 0 Å². The van der Waals surface area contributed by atoms with Crippen LogP contribution in [0, 0.1) is 5.82 Å². The summed E-state index contributed by atoms with van der Waals surface area (Å²) in [4.78, 5) is 27.3. The van der Waals surface area contributed by atoms with Gasteiger partial charge in [0.2, 0.25) is 11.8 Å². The molecule has 148 valence electrons. The lowest BCUT2D eigenvalue weighted by molar-refractivity contribution is -0.143. The molecule has 0 radical (unpaired) electrons. The van der Waals surface area contributed by atoms with Gasteiger partial charge in [-0.3, -0.25) is 9.59 Å². The van der Waals surface area contributed by atoms with Crippen LogP contribution in [0.1, 0.15) is 37.3 Å². The maximum absolute atomic E-state index is 13.3. The second-order valence-corrected chi connectivity index (χ2v) is 7.60. The van der Waals surface area contributed by atoms with Gasteiger partial charge in [-0.2, -0.15) is 0 Å². The highest BCUT2D eigenvalue weighted by atomic mass is 35.5. The maximum Gasteiger partial charge on any atom is 0.239 e. The minimum atomic E-state index is -0.585. The number of hydrogen-bond donors (Lipinski definition) is 1. The van der Waals surface area contributed by atoms with E-state index in [-0.39, 0.29) is 24.2 Å². The van der Waals surface area contributed by atoms with Crippen molar-refractivity contribution in [2.75, 3.05) is 13.1 Å². The molecule has 0 unspecified atom stereocenters. The van der Waals surface area contributed by atoms with Crippen LogP contribution in [0.15, 0.2) is 48.5 Å². The van der Waals surface area contributed by atoms with Gasteiger partial charge in [-0.05, 0) is 55.2 Å². The van der Waals surface area contributed by atoms with Crippen molar-refractivity contribution in [3.05, 3.63) is 70.5 Å². The molecule has 0 spiro atoms. The minimum absolute atomic E-state index is 0.00115. The molecule has 4 nitrogen and oxygen atoms in total. The molecule has 0 bridgehead atoms. The summed E-state index contributed by atoms with van der Waals surface area (Å²) in [6.07, 6.45) is 2.51. The first kappa shape index (κ1) is 20.3. The fourth-order valence-electron chi connectivity index (χ4n) is 3.60. The summed E-state index contributed by atoms with van der Waals surface area (Å²) in [5, 5.41) is 3.41. The number of carbonyl (C=O) groups is 2. The largest absolute Gasteiger partial charge is 0.350 e. The molecule has 1 saturated carbocycles. The quantitative estimate of drug-likeness (QED) is 0.759. The molecule has 2 amide bonds. The van der Waals surface area contributed by atoms with E-state index in [1.165, 1.54) is 12.1 Å². The minimum Gasteiger partial charge on any atom is -0.350 e. The Labute approximate surface area is 169 Å². The molecule has 0 aliphatic heterocycles. The summed E-state index contributed by atoms with van der Waals surface area (Å²) >= 11 is 6.13. The molecule has 3 rings (SSSR count). The third-order valence-electron chi connectivity index (χ3n) is 5.40. The van der Waals surface area contributed by atoms with Crippen molar-refractivity contribution in [2.45, 2.75) is 38.1 Å². The molecule has 6 heteroatoms. The predicted octanol–water partition coefficient (Wildman–Crippen LogP) is 4.07. The van der Waals surface area contributed by atoms with Crippen molar-refractivity contribution in [1.29, 1.82) is 0 Å². The molecule has 1 aliphatic carbocycles. The summed E-state index contributed by atoms with van der Waals surface area (Å²) in [5.41, 5.74) is 1.14. The number of hydrogen-bond acceptors (Lipinski definition) is 2. The van der Waals surface area contributed by atoms with E-state index in [2.05, 4.69) is 5.32 Å². The Morgan fingerprint density at radius 2 is 1.89 bits per heavy atom. The van der Waals surface area contributed by atoms with Crippen molar-refractivity contribution in [1.82, 2.24) is 10.2 Å². The summed E-state index contributed by atoms with van der Waals surface area (Å²) in [5.74, 6) is -0.579. The molecular weight excluding hydrogens is 379 g/mol. The number of amides is 2. The number of nitrogens with one attached hydrogen (secondary N) is 1. The fraction of sp³-hybridized carbons (Fsp3) is 0.364. The van der Waals surface area contributed by atoms with E-state index in [1.54, 1.807) is 23.1 Å². The smallest absolute Gasteiger partial charge is 0.239 e. The maximum atomic E-state index is 13.3. The van der Waals surface area contributed by atoms with Crippen LogP contribution in [0.4, 0.5) is 4.39 Å². The van der Waals surface area contributed by atoms with Crippen LogP contribution in [-0.2, 0) is 21.5 Å². The summed E-state index contributed by atoms with van der Waals surface area (Å²) in [6, 6.07) is 13.4. The molecule has 1 fully saturated rings. The van der Waals surface area contributed by atoms with Gasteiger partial charge in [0.05, 0.1) is 12.0 Å². The number of benzene rings is 2. The third-order valence-corrected chi connectivity index (χ3v) is 5.64. The first-order valence-electron chi connectivity index (χ1n) is 9.51. The second kappa shape index (κ2) is 8.74. The van der Waals surface area contributed by atoms with Crippen LogP contribution in [0.2, 0.25) is 5.02 Å². The Morgan fingerprint density at radius 3 is 2.46 bits per heavy atom. The van der Waals surface area contributed by atoms with Crippen molar-refractivity contribution in [3.8, 4) is 0 Å². The van der Waals surface area contributed by atoms with Gasteiger partial charge in [-0.1, -0.05) is 42.3 Å². The van der Waals surface area contributed by atoms with Gasteiger partial charge in [0.1, 0.15) is 5.82 Å². The van der Waals surface area contributed by atoms with E-state index in [1.807, 2.05) is 25.1 Å². The predicted molar refractivity (Wildman–Crippen MR) is 107 cm³/mol. The Morgan fingerprint density at radius 1 is 1.18 bits per heavy atom. The van der Waals surface area contributed by atoms with Gasteiger partial charge >= 0.3 is 0 Å². The van der Waals surface area contributed by atoms with Crippen LogP contribution < -0.4 is 5.32 Å². The van der Waals surface area contributed by atoms with Crippen molar-refractivity contribution < 1.29 is 14.0 Å². The molecule has 0 aromatic heterocycles. The first-order valence-corrected chi connectivity index (χ1v) is 9.89. The topological polar surface area (TPSA) is 49.4 Å². The lowest BCUT2D eigenvalue weighted by Gasteiger charge is -2.43. The van der Waals surface area contributed by atoms with Crippen molar-refractivity contribution >= 4 is 23.4 Å². The van der Waals surface area contributed by atoms with E-state index in [0.717, 1.165) is 30.4 Å². The molecule has 0 heterocycles. The van der Waals surface area contributed by atoms with E-state index >= 15 is 0 Å². The van der Waals surface area contributed by atoms with Gasteiger partial charge in [-0.15, -0.1) is 0 Å². The summed E-state index contributed by atoms with van der Waals surface area (Å²) in [6.45, 7) is 2.61. The second-order valence-electron chi connectivity index (χ2n) is 7.17. The van der Waals surface area contributed by atoms with E-state index in [0.29, 0.717) is 18.1 Å². The number of likely N-dealkylation sites (N-methyl/N-ethyl adjacent to an activating group) is 1. The standard InChI is InChI=1S/C22H24ClFN2O2/c1-2-26(15-20(27)25-14-16-7-9-19(24)10-8-16)21(28)22(11-4-12-22)17-5-3-6-18(23)13-17/h3,5-10,13H,2,4,11-12,14-15H2,1H3,(H,25,27). The summed E-state index contributed by atoms with van der Waals surface area (Å²) < 4.78 is 13.0. The molecule has 2 aromatic rings. The highest BCUT2D eigenvalue weighted by molar-refractivity contribution is 6.30. The van der Waals surface area contributed by atoms with Crippen molar-refractivity contribution in [2.24, 2.45) is 0 Å². The zero-order valence-electron chi connectivity index (χ0n) is 15.9. The zero-order chi connectivity index (χ0) is 20.1. The van der Waals surface area contributed by atoms with Gasteiger partial charge in [0, 0.05) is 18.1 Å². The Kier molecular flexibility index (Phi) is 6.35. The van der Waals surface area contributed by atoms with Crippen LogP contribution in [-0.4, -0.2) is 29.8 Å². The van der Waals surface area contributed by atoms with E-state index < -0.39 is 5.41 Å². The molecule has 28 heavy (non-hydrogen) atoms. The van der Waals surface area contributed by atoms with Crippen LogP contribution in [0.25, 0.3) is 0 Å². The Bertz CT molecular complexity index is 850. The lowest BCUT2D eigenvalue weighted by atomic mass is 9.63. The summed E-state index contributed by atoms with van der Waals surface area (Å²) in [7, 11) is 0. The average Bonchev–Trinajstić information content (AvgIpc) is 2.65.